The lowest BCUT2D eigenvalue weighted by molar-refractivity contribution is 0.188. The van der Waals surface area contributed by atoms with E-state index >= 15 is 0 Å². The van der Waals surface area contributed by atoms with Crippen LogP contribution in [-0.4, -0.2) is 62.3 Å². The van der Waals surface area contributed by atoms with Crippen LogP contribution in [0.25, 0.3) is 0 Å². The van der Waals surface area contributed by atoms with Crippen LogP contribution in [-0.2, 0) is 6.42 Å². The van der Waals surface area contributed by atoms with E-state index in [0.29, 0.717) is 6.54 Å². The molecule has 0 bridgehead atoms. The molecule has 1 aliphatic heterocycles. The molecule has 2 N–H and O–H groups in total. The Bertz CT molecular complexity index is 490. The third kappa shape index (κ3) is 6.18. The number of β-amino-alcohol motifs (C(OH)–C–C–N with tert-alkyl or cyclic N) is 1. The van der Waals surface area contributed by atoms with Crippen molar-refractivity contribution < 1.29 is 5.11 Å². The molecule has 23 heavy (non-hydrogen) atoms. The van der Waals surface area contributed by atoms with Crippen molar-refractivity contribution in [2.24, 2.45) is 4.99 Å². The maximum absolute atomic E-state index is 9.66. The van der Waals surface area contributed by atoms with E-state index in [0.717, 1.165) is 38.4 Å². The fourth-order valence-corrected chi connectivity index (χ4v) is 2.61. The van der Waals surface area contributed by atoms with Crippen molar-refractivity contribution in [3.8, 4) is 0 Å². The zero-order valence-electron chi connectivity index (χ0n) is 14.3. The number of likely N-dealkylation sites (tertiary alicyclic amines) is 1. The van der Waals surface area contributed by atoms with E-state index in [4.69, 9.17) is 4.99 Å². The van der Waals surface area contributed by atoms with Crippen LogP contribution in [0.2, 0.25) is 0 Å². The van der Waals surface area contributed by atoms with E-state index in [1.807, 2.05) is 14.1 Å². The van der Waals surface area contributed by atoms with Crippen LogP contribution in [0.1, 0.15) is 18.9 Å². The molecule has 0 spiro atoms. The van der Waals surface area contributed by atoms with Gasteiger partial charge in [-0.15, -0.1) is 24.0 Å². The van der Waals surface area contributed by atoms with Crippen LogP contribution in [0.4, 0.5) is 5.69 Å². The zero-order chi connectivity index (χ0) is 15.9. The molecule has 1 saturated heterocycles. The van der Waals surface area contributed by atoms with Crippen LogP contribution in [0.15, 0.2) is 29.3 Å². The van der Waals surface area contributed by atoms with Gasteiger partial charge in [-0.1, -0.05) is 12.1 Å². The average molecular weight is 432 g/mol. The highest BCUT2D eigenvalue weighted by atomic mass is 127. The van der Waals surface area contributed by atoms with Gasteiger partial charge in [0, 0.05) is 46.0 Å². The van der Waals surface area contributed by atoms with Gasteiger partial charge in [-0.3, -0.25) is 4.99 Å². The van der Waals surface area contributed by atoms with E-state index in [-0.39, 0.29) is 30.1 Å². The number of hydrogen-bond acceptors (Lipinski definition) is 3. The summed E-state index contributed by atoms with van der Waals surface area (Å²) in [4.78, 5) is 8.94. The Morgan fingerprint density at radius 1 is 1.35 bits per heavy atom. The third-order valence-electron chi connectivity index (χ3n) is 3.91. The molecule has 130 valence electrons. The van der Waals surface area contributed by atoms with Crippen LogP contribution in [0.3, 0.4) is 0 Å². The van der Waals surface area contributed by atoms with Crippen molar-refractivity contribution in [3.05, 3.63) is 29.8 Å². The summed E-state index contributed by atoms with van der Waals surface area (Å²) < 4.78 is 0. The summed E-state index contributed by atoms with van der Waals surface area (Å²) in [5.74, 6) is 0.920. The number of hydrogen-bond donors (Lipinski definition) is 2. The second kappa shape index (κ2) is 9.97. The maximum Gasteiger partial charge on any atom is 0.194 e. The topological polar surface area (TPSA) is 51.1 Å². The molecule has 1 aromatic carbocycles. The quantitative estimate of drug-likeness (QED) is 0.425. The predicted octanol–water partition coefficient (Wildman–Crippen LogP) is 1.95. The molecular weight excluding hydrogens is 403 g/mol. The van der Waals surface area contributed by atoms with Gasteiger partial charge in [-0.25, -0.2) is 0 Å². The first kappa shape index (κ1) is 20.0. The van der Waals surface area contributed by atoms with Crippen molar-refractivity contribution in [1.82, 2.24) is 10.2 Å². The molecule has 0 aromatic heterocycles. The summed E-state index contributed by atoms with van der Waals surface area (Å²) in [6.45, 7) is 5.25. The normalized spacial score (nSPS) is 17.8. The number of aliphatic imine (C=N–C) groups is 1. The number of benzene rings is 1. The smallest absolute Gasteiger partial charge is 0.194 e. The van der Waals surface area contributed by atoms with Crippen LogP contribution in [0.5, 0.6) is 0 Å². The predicted molar refractivity (Wildman–Crippen MR) is 108 cm³/mol. The number of aliphatic hydroxyl groups excluding tert-OH is 1. The highest BCUT2D eigenvalue weighted by molar-refractivity contribution is 14.0. The first-order valence-electron chi connectivity index (χ1n) is 8.07. The number of rotatable bonds is 5. The number of nitrogens with one attached hydrogen (secondary N) is 1. The van der Waals surface area contributed by atoms with Gasteiger partial charge in [-0.2, -0.15) is 0 Å². The highest BCUT2D eigenvalue weighted by Crippen LogP contribution is 2.13. The summed E-state index contributed by atoms with van der Waals surface area (Å²) in [5.41, 5.74) is 2.51. The Labute approximate surface area is 156 Å². The first-order valence-corrected chi connectivity index (χ1v) is 8.07. The number of anilines is 1. The number of guanidine groups is 1. The lowest BCUT2D eigenvalue weighted by Crippen LogP contribution is -2.40. The van der Waals surface area contributed by atoms with Crippen molar-refractivity contribution in [2.75, 3.05) is 45.2 Å². The summed E-state index contributed by atoms with van der Waals surface area (Å²) in [7, 11) is 4.10. The van der Waals surface area contributed by atoms with E-state index in [1.54, 1.807) is 0 Å². The van der Waals surface area contributed by atoms with Gasteiger partial charge in [0.25, 0.3) is 0 Å². The second-order valence-corrected chi connectivity index (χ2v) is 5.94. The second-order valence-electron chi connectivity index (χ2n) is 5.94. The Balaban J connectivity index is 0.00000264. The molecule has 0 aliphatic carbocycles. The summed E-state index contributed by atoms with van der Waals surface area (Å²) in [6, 6.07) is 8.61. The van der Waals surface area contributed by atoms with Gasteiger partial charge < -0.3 is 20.2 Å². The zero-order valence-corrected chi connectivity index (χ0v) is 16.7. The number of aliphatic hydroxyl groups is 1. The standard InChI is InChI=1S/C17H28N4O.HI/c1-4-18-17(21-12-10-16(22)13-21)19-11-9-14-5-7-15(8-6-14)20(2)3;/h5-8,16,22H,4,9-13H2,1-3H3,(H,18,19);1H/t16-;/m1./s1. The molecule has 1 fully saturated rings. The third-order valence-corrected chi connectivity index (χ3v) is 3.91. The molecule has 1 aromatic rings. The highest BCUT2D eigenvalue weighted by Gasteiger charge is 2.22. The van der Waals surface area contributed by atoms with Crippen molar-refractivity contribution in [3.63, 3.8) is 0 Å². The molecule has 1 aliphatic rings. The van der Waals surface area contributed by atoms with Crippen LogP contribution >= 0.6 is 24.0 Å². The van der Waals surface area contributed by atoms with Crippen molar-refractivity contribution in [2.45, 2.75) is 25.9 Å². The Kier molecular flexibility index (Phi) is 8.68. The molecule has 0 amide bonds. The van der Waals surface area contributed by atoms with Gasteiger partial charge >= 0.3 is 0 Å². The SMILES string of the molecule is CCNC(=NCCc1ccc(N(C)C)cc1)N1CC[C@@H](O)C1.I. The van der Waals surface area contributed by atoms with E-state index < -0.39 is 0 Å². The monoisotopic (exact) mass is 432 g/mol. The molecule has 0 unspecified atom stereocenters. The summed E-state index contributed by atoms with van der Waals surface area (Å²) >= 11 is 0. The van der Waals surface area contributed by atoms with Crippen LogP contribution < -0.4 is 10.2 Å². The Morgan fingerprint density at radius 2 is 2.04 bits per heavy atom. The molecule has 0 saturated carbocycles. The fourth-order valence-electron chi connectivity index (χ4n) is 2.61. The Morgan fingerprint density at radius 3 is 2.57 bits per heavy atom. The molecule has 2 rings (SSSR count). The Hall–Kier alpha value is -1.02. The van der Waals surface area contributed by atoms with Gasteiger partial charge in [0.15, 0.2) is 5.96 Å². The fraction of sp³-hybridized carbons (Fsp3) is 0.588. The molecular formula is C17H29IN4O. The minimum atomic E-state index is -0.220. The minimum absolute atomic E-state index is 0. The largest absolute Gasteiger partial charge is 0.391 e. The van der Waals surface area contributed by atoms with Crippen molar-refractivity contribution in [1.29, 1.82) is 0 Å². The number of halogens is 1. The van der Waals surface area contributed by atoms with E-state index in [2.05, 4.69) is 46.3 Å². The maximum atomic E-state index is 9.66. The van der Waals surface area contributed by atoms with E-state index in [9.17, 15) is 5.11 Å². The molecule has 5 nitrogen and oxygen atoms in total. The van der Waals surface area contributed by atoms with E-state index in [1.165, 1.54) is 11.3 Å². The van der Waals surface area contributed by atoms with Gasteiger partial charge in [0.05, 0.1) is 6.10 Å². The van der Waals surface area contributed by atoms with Gasteiger partial charge in [0.1, 0.15) is 0 Å². The number of nitrogens with zero attached hydrogens (tertiary/aromatic N) is 3. The van der Waals surface area contributed by atoms with Gasteiger partial charge in [-0.05, 0) is 37.5 Å². The van der Waals surface area contributed by atoms with Crippen molar-refractivity contribution >= 4 is 35.6 Å². The minimum Gasteiger partial charge on any atom is -0.391 e. The molecule has 1 atom stereocenters. The summed E-state index contributed by atoms with van der Waals surface area (Å²) in [5, 5.41) is 13.0. The van der Waals surface area contributed by atoms with Gasteiger partial charge in [0.2, 0.25) is 0 Å². The van der Waals surface area contributed by atoms with Crippen LogP contribution in [0, 0.1) is 0 Å². The lowest BCUT2D eigenvalue weighted by atomic mass is 10.1. The molecule has 6 heteroatoms. The average Bonchev–Trinajstić information content (AvgIpc) is 2.93. The molecule has 0 radical (unpaired) electrons. The molecule has 1 heterocycles. The first-order chi connectivity index (χ1) is 10.6. The summed E-state index contributed by atoms with van der Waals surface area (Å²) in [6.07, 6.45) is 1.54. The lowest BCUT2D eigenvalue weighted by Gasteiger charge is -2.21.